The molecule has 0 unspecified atom stereocenters. The molecular formula is C46H31N3. The SMILES string of the molecule is CC1(C)c2cc3c4cc5c(cc4n(-c4ccccc4)c3cc2-c2c1cc(C#N)c1ccccc21)-c1c(cc(C#N)c2ccccc12)C5(C)C. The van der Waals surface area contributed by atoms with Crippen molar-refractivity contribution < 1.29 is 0 Å². The molecule has 0 fully saturated rings. The van der Waals surface area contributed by atoms with Crippen molar-refractivity contribution in [1.29, 1.82) is 10.5 Å². The summed E-state index contributed by atoms with van der Waals surface area (Å²) < 4.78 is 2.43. The average molecular weight is 626 g/mol. The molecule has 3 heteroatoms. The molecule has 0 aliphatic heterocycles. The van der Waals surface area contributed by atoms with Crippen molar-refractivity contribution in [2.45, 2.75) is 38.5 Å². The van der Waals surface area contributed by atoms with E-state index >= 15 is 0 Å². The maximum Gasteiger partial charge on any atom is 0.0998 e. The maximum absolute atomic E-state index is 10.2. The number of benzene rings is 7. The summed E-state index contributed by atoms with van der Waals surface area (Å²) in [7, 11) is 0. The Morgan fingerprint density at radius 2 is 0.857 bits per heavy atom. The minimum atomic E-state index is -0.283. The summed E-state index contributed by atoms with van der Waals surface area (Å²) in [5, 5.41) is 27.0. The number of fused-ring (bicyclic) bond motifs is 13. The summed E-state index contributed by atoms with van der Waals surface area (Å²) in [5.41, 5.74) is 14.3. The first-order valence-corrected chi connectivity index (χ1v) is 16.9. The fraction of sp³-hybridized carbons (Fsp3) is 0.130. The highest BCUT2D eigenvalue weighted by Gasteiger charge is 2.40. The van der Waals surface area contributed by atoms with E-state index in [9.17, 15) is 10.5 Å². The van der Waals surface area contributed by atoms with E-state index in [1.807, 2.05) is 12.1 Å². The molecule has 1 heterocycles. The second-order valence-electron chi connectivity index (χ2n) is 14.8. The largest absolute Gasteiger partial charge is 0.309 e. The molecule has 10 rings (SSSR count). The van der Waals surface area contributed by atoms with E-state index in [2.05, 4.69) is 148 Å². The summed E-state index contributed by atoms with van der Waals surface area (Å²) in [4.78, 5) is 0. The number of aromatic nitrogens is 1. The highest BCUT2D eigenvalue weighted by atomic mass is 15.0. The molecule has 2 aliphatic rings. The molecule has 0 atom stereocenters. The van der Waals surface area contributed by atoms with Crippen molar-refractivity contribution in [3.05, 3.63) is 149 Å². The molecule has 7 aromatic carbocycles. The van der Waals surface area contributed by atoms with Crippen molar-refractivity contribution >= 4 is 43.4 Å². The van der Waals surface area contributed by atoms with Gasteiger partial charge in [0, 0.05) is 38.1 Å². The van der Waals surface area contributed by atoms with Crippen molar-refractivity contribution in [2.24, 2.45) is 0 Å². The Balaban J connectivity index is 1.36. The molecule has 0 saturated heterocycles. The lowest BCUT2D eigenvalue weighted by Gasteiger charge is -2.22. The van der Waals surface area contributed by atoms with Crippen LogP contribution in [-0.2, 0) is 10.8 Å². The first-order valence-electron chi connectivity index (χ1n) is 16.9. The Morgan fingerprint density at radius 3 is 1.29 bits per heavy atom. The molecule has 1 aromatic heterocycles. The van der Waals surface area contributed by atoms with Gasteiger partial charge in [-0.15, -0.1) is 0 Å². The van der Waals surface area contributed by atoms with Gasteiger partial charge >= 0.3 is 0 Å². The Kier molecular flexibility index (Phi) is 5.27. The third-order valence-corrected chi connectivity index (χ3v) is 11.6. The quantitative estimate of drug-likeness (QED) is 0.182. The van der Waals surface area contributed by atoms with Crippen LogP contribution in [0.15, 0.2) is 115 Å². The molecule has 0 saturated carbocycles. The molecule has 230 valence electrons. The first kappa shape index (κ1) is 27.9. The van der Waals surface area contributed by atoms with Gasteiger partial charge in [0.15, 0.2) is 0 Å². The van der Waals surface area contributed by atoms with E-state index in [1.54, 1.807) is 0 Å². The Labute approximate surface area is 284 Å². The van der Waals surface area contributed by atoms with Gasteiger partial charge in [0.1, 0.15) is 0 Å². The normalized spacial score (nSPS) is 14.8. The van der Waals surface area contributed by atoms with E-state index in [1.165, 1.54) is 66.3 Å². The van der Waals surface area contributed by atoms with Crippen LogP contribution in [0.25, 0.3) is 71.3 Å². The molecule has 0 N–H and O–H groups in total. The van der Waals surface area contributed by atoms with Gasteiger partial charge < -0.3 is 4.57 Å². The number of nitrogens with zero attached hydrogens (tertiary/aromatic N) is 3. The van der Waals surface area contributed by atoms with Gasteiger partial charge in [0.2, 0.25) is 0 Å². The molecule has 0 spiro atoms. The van der Waals surface area contributed by atoms with E-state index in [0.29, 0.717) is 0 Å². The highest BCUT2D eigenvalue weighted by molar-refractivity contribution is 6.16. The van der Waals surface area contributed by atoms with Crippen molar-refractivity contribution in [1.82, 2.24) is 4.57 Å². The van der Waals surface area contributed by atoms with Gasteiger partial charge in [0.25, 0.3) is 0 Å². The number of nitriles is 2. The van der Waals surface area contributed by atoms with Crippen molar-refractivity contribution in [3.63, 3.8) is 0 Å². The molecule has 0 amide bonds. The Morgan fingerprint density at radius 1 is 0.449 bits per heavy atom. The van der Waals surface area contributed by atoms with Crippen molar-refractivity contribution in [2.75, 3.05) is 0 Å². The number of hydrogen-bond donors (Lipinski definition) is 0. The molecule has 0 radical (unpaired) electrons. The number of para-hydroxylation sites is 1. The molecular weight excluding hydrogens is 595 g/mol. The second-order valence-corrected chi connectivity index (χ2v) is 14.8. The summed E-state index contributed by atoms with van der Waals surface area (Å²) in [5.74, 6) is 0. The van der Waals surface area contributed by atoms with Gasteiger partial charge in [-0.2, -0.15) is 10.5 Å². The van der Waals surface area contributed by atoms with Gasteiger partial charge in [0.05, 0.1) is 34.3 Å². The molecule has 3 nitrogen and oxygen atoms in total. The fourth-order valence-electron chi connectivity index (χ4n) is 9.20. The summed E-state index contributed by atoms with van der Waals surface area (Å²) in [6.45, 7) is 9.19. The van der Waals surface area contributed by atoms with Crippen LogP contribution in [0.5, 0.6) is 0 Å². The minimum absolute atomic E-state index is 0.283. The third-order valence-electron chi connectivity index (χ3n) is 11.6. The van der Waals surface area contributed by atoms with Crippen LogP contribution >= 0.6 is 0 Å². The summed E-state index contributed by atoms with van der Waals surface area (Å²) >= 11 is 0. The Hall–Kier alpha value is -6.16. The van der Waals surface area contributed by atoms with Crippen LogP contribution in [-0.4, -0.2) is 4.57 Å². The van der Waals surface area contributed by atoms with E-state index in [0.717, 1.165) is 38.4 Å². The zero-order chi connectivity index (χ0) is 33.4. The second kappa shape index (κ2) is 9.25. The predicted octanol–water partition coefficient (Wildman–Crippen LogP) is 11.4. The number of hydrogen-bond acceptors (Lipinski definition) is 2. The monoisotopic (exact) mass is 625 g/mol. The van der Waals surface area contributed by atoms with Crippen LogP contribution in [0.3, 0.4) is 0 Å². The fourth-order valence-corrected chi connectivity index (χ4v) is 9.20. The summed E-state index contributed by atoms with van der Waals surface area (Å²) in [6.07, 6.45) is 0. The highest BCUT2D eigenvalue weighted by Crippen LogP contribution is 2.56. The van der Waals surface area contributed by atoms with Crippen LogP contribution in [0.2, 0.25) is 0 Å². The molecule has 8 aromatic rings. The number of rotatable bonds is 1. The van der Waals surface area contributed by atoms with E-state index in [-0.39, 0.29) is 10.8 Å². The third kappa shape index (κ3) is 3.40. The smallest absolute Gasteiger partial charge is 0.0998 e. The summed E-state index contributed by atoms with van der Waals surface area (Å²) in [6, 6.07) is 46.3. The predicted molar refractivity (Wildman–Crippen MR) is 200 cm³/mol. The van der Waals surface area contributed by atoms with Crippen LogP contribution in [0, 0.1) is 22.7 Å². The van der Waals surface area contributed by atoms with Crippen LogP contribution < -0.4 is 0 Å². The molecule has 0 bridgehead atoms. The van der Waals surface area contributed by atoms with Crippen LogP contribution in [0.4, 0.5) is 0 Å². The van der Waals surface area contributed by atoms with Gasteiger partial charge in [-0.25, -0.2) is 0 Å². The van der Waals surface area contributed by atoms with E-state index < -0.39 is 0 Å². The lowest BCUT2D eigenvalue weighted by Crippen LogP contribution is -2.15. The van der Waals surface area contributed by atoms with Gasteiger partial charge in [-0.3, -0.25) is 0 Å². The van der Waals surface area contributed by atoms with Crippen molar-refractivity contribution in [3.8, 4) is 40.1 Å². The zero-order valence-electron chi connectivity index (χ0n) is 27.8. The standard InChI is InChI=1S/C46H31N3/c1-45(2)37-20-33-34-21-38-36(44-32-17-11-9-15-30(32)27(25-48)19-40(44)46(38,3)4)23-42(34)49(28-12-6-5-7-13-28)41(33)22-35(37)43-31-16-10-8-14-29(31)26(24-47)18-39(43)45/h5-23H,1-4H3. The molecule has 2 aliphatic carbocycles. The first-order chi connectivity index (χ1) is 23.7. The lowest BCUT2D eigenvalue weighted by atomic mass is 9.80. The van der Waals surface area contributed by atoms with Crippen LogP contribution in [0.1, 0.15) is 61.1 Å². The average Bonchev–Trinajstić information content (AvgIpc) is 3.65. The topological polar surface area (TPSA) is 52.5 Å². The van der Waals surface area contributed by atoms with E-state index in [4.69, 9.17) is 0 Å². The lowest BCUT2D eigenvalue weighted by molar-refractivity contribution is 0.661. The van der Waals surface area contributed by atoms with Gasteiger partial charge in [-0.05, 0) is 104 Å². The minimum Gasteiger partial charge on any atom is -0.309 e. The van der Waals surface area contributed by atoms with Gasteiger partial charge in [-0.1, -0.05) is 94.4 Å². The Bertz CT molecular complexity index is 2710. The zero-order valence-corrected chi connectivity index (χ0v) is 27.8. The molecule has 49 heavy (non-hydrogen) atoms. The maximum atomic E-state index is 10.2.